The third-order valence-electron chi connectivity index (χ3n) is 3.05. The number of nitrogens with one attached hydrogen (secondary N) is 1. The number of sulfonamides is 1. The Hall–Kier alpha value is -0.240. The number of rotatable bonds is 3. The van der Waals surface area contributed by atoms with Gasteiger partial charge in [0.1, 0.15) is 5.78 Å². The molecule has 0 atom stereocenters. The Kier molecular flexibility index (Phi) is 4.81. The minimum Gasteiger partial charge on any atom is -0.300 e. The van der Waals surface area contributed by atoms with E-state index in [2.05, 4.69) is 36.6 Å². The molecule has 1 saturated carbocycles. The van der Waals surface area contributed by atoms with Crippen molar-refractivity contribution in [3.63, 3.8) is 0 Å². The molecule has 0 heterocycles. The summed E-state index contributed by atoms with van der Waals surface area (Å²) in [5.74, 6) is 0.207. The first-order chi connectivity index (χ1) is 8.88. The molecule has 1 aromatic carbocycles. The highest BCUT2D eigenvalue weighted by atomic mass is 79.9. The molecule has 0 spiro atoms. The van der Waals surface area contributed by atoms with Gasteiger partial charge in [-0.2, -0.15) is 0 Å². The summed E-state index contributed by atoms with van der Waals surface area (Å²) in [6, 6.07) is 4.85. The van der Waals surface area contributed by atoms with E-state index in [0.717, 1.165) is 0 Å². The first kappa shape index (κ1) is 15.2. The lowest BCUT2D eigenvalue weighted by Crippen LogP contribution is -2.37. The first-order valence-corrected chi connectivity index (χ1v) is 8.94. The summed E-state index contributed by atoms with van der Waals surface area (Å²) in [7, 11) is -3.57. The van der Waals surface area contributed by atoms with Crippen LogP contribution in [-0.4, -0.2) is 20.2 Å². The van der Waals surface area contributed by atoms with Crippen LogP contribution < -0.4 is 4.72 Å². The van der Waals surface area contributed by atoms with Gasteiger partial charge in [0.05, 0.1) is 4.90 Å². The number of Topliss-reactive ketones (excluding diaryl/α,β-unsaturated/α-hetero) is 1. The Morgan fingerprint density at radius 3 is 2.42 bits per heavy atom. The zero-order valence-corrected chi connectivity index (χ0v) is 14.0. The fraction of sp³-hybridized carbons (Fsp3) is 0.417. The molecule has 0 saturated heterocycles. The molecule has 1 fully saturated rings. The highest BCUT2D eigenvalue weighted by Gasteiger charge is 2.25. The summed E-state index contributed by atoms with van der Waals surface area (Å²) in [5, 5.41) is 0. The van der Waals surface area contributed by atoms with E-state index in [0.29, 0.717) is 34.6 Å². The van der Waals surface area contributed by atoms with E-state index in [9.17, 15) is 13.2 Å². The van der Waals surface area contributed by atoms with Gasteiger partial charge in [-0.25, -0.2) is 13.1 Å². The molecule has 0 amide bonds. The predicted molar refractivity (Wildman–Crippen MR) is 79.4 cm³/mol. The van der Waals surface area contributed by atoms with Crippen LogP contribution in [-0.2, 0) is 14.8 Å². The van der Waals surface area contributed by atoms with Gasteiger partial charge in [0.15, 0.2) is 0 Å². The Morgan fingerprint density at radius 2 is 1.79 bits per heavy atom. The molecule has 7 heteroatoms. The van der Waals surface area contributed by atoms with Crippen LogP contribution in [0, 0.1) is 0 Å². The van der Waals surface area contributed by atoms with E-state index in [4.69, 9.17) is 0 Å². The topological polar surface area (TPSA) is 63.2 Å². The maximum Gasteiger partial charge on any atom is 0.241 e. The largest absolute Gasteiger partial charge is 0.300 e. The van der Waals surface area contributed by atoms with Gasteiger partial charge in [-0.15, -0.1) is 0 Å². The number of hydrogen-bond acceptors (Lipinski definition) is 3. The Labute approximate surface area is 129 Å². The molecule has 0 unspecified atom stereocenters. The maximum atomic E-state index is 12.3. The highest BCUT2D eigenvalue weighted by Crippen LogP contribution is 2.26. The van der Waals surface area contributed by atoms with Crippen molar-refractivity contribution in [3.05, 3.63) is 27.1 Å². The number of benzene rings is 1. The normalized spacial score (nSPS) is 17.7. The molecule has 2 rings (SSSR count). The standard InChI is InChI=1S/C12H13Br2NO3S/c13-8-1-6-11(14)12(7-8)19(17,18)15-9-2-4-10(16)5-3-9/h1,6-7,9,15H,2-5H2. The van der Waals surface area contributed by atoms with Crippen LogP contribution in [0.15, 0.2) is 32.0 Å². The van der Waals surface area contributed by atoms with E-state index in [1.807, 2.05) is 0 Å². The molecular weight excluding hydrogens is 398 g/mol. The van der Waals surface area contributed by atoms with E-state index >= 15 is 0 Å². The van der Waals surface area contributed by atoms with E-state index in [-0.39, 0.29) is 16.7 Å². The lowest BCUT2D eigenvalue weighted by molar-refractivity contribution is -0.120. The van der Waals surface area contributed by atoms with Crippen molar-refractivity contribution in [1.82, 2.24) is 4.72 Å². The van der Waals surface area contributed by atoms with Crippen LogP contribution in [0.3, 0.4) is 0 Å². The summed E-state index contributed by atoms with van der Waals surface area (Å²) in [6.07, 6.45) is 2.05. The Bertz CT molecular complexity index is 591. The maximum absolute atomic E-state index is 12.3. The lowest BCUT2D eigenvalue weighted by Gasteiger charge is -2.22. The molecule has 0 aromatic heterocycles. The molecule has 1 aliphatic carbocycles. The second kappa shape index (κ2) is 6.03. The Balaban J connectivity index is 2.18. The second-order valence-corrected chi connectivity index (χ2v) is 7.96. The van der Waals surface area contributed by atoms with Crippen LogP contribution in [0.5, 0.6) is 0 Å². The third-order valence-corrected chi connectivity index (χ3v) is 6.06. The van der Waals surface area contributed by atoms with E-state index in [1.165, 1.54) is 0 Å². The smallest absolute Gasteiger partial charge is 0.241 e. The number of halogens is 2. The van der Waals surface area contributed by atoms with Gasteiger partial charge >= 0.3 is 0 Å². The lowest BCUT2D eigenvalue weighted by atomic mass is 9.95. The van der Waals surface area contributed by atoms with Crippen molar-refractivity contribution in [2.24, 2.45) is 0 Å². The van der Waals surface area contributed by atoms with Crippen molar-refractivity contribution >= 4 is 47.7 Å². The minimum atomic E-state index is -3.57. The van der Waals surface area contributed by atoms with Crippen LogP contribution in [0.4, 0.5) is 0 Å². The number of ketones is 1. The number of carbonyl (C=O) groups excluding carboxylic acids is 1. The van der Waals surface area contributed by atoms with E-state index < -0.39 is 10.0 Å². The van der Waals surface area contributed by atoms with Crippen molar-refractivity contribution in [1.29, 1.82) is 0 Å². The van der Waals surface area contributed by atoms with Crippen LogP contribution in [0.1, 0.15) is 25.7 Å². The molecule has 104 valence electrons. The summed E-state index contributed by atoms with van der Waals surface area (Å²) in [5.41, 5.74) is 0. The Morgan fingerprint density at radius 1 is 1.16 bits per heavy atom. The molecule has 0 radical (unpaired) electrons. The highest BCUT2D eigenvalue weighted by molar-refractivity contribution is 9.11. The summed E-state index contributed by atoms with van der Waals surface area (Å²) < 4.78 is 28.5. The van der Waals surface area contributed by atoms with Crippen molar-refractivity contribution in [2.75, 3.05) is 0 Å². The van der Waals surface area contributed by atoms with Crippen molar-refractivity contribution in [2.45, 2.75) is 36.6 Å². The first-order valence-electron chi connectivity index (χ1n) is 5.87. The molecule has 1 N–H and O–H groups in total. The van der Waals surface area contributed by atoms with Crippen LogP contribution >= 0.6 is 31.9 Å². The molecule has 0 aliphatic heterocycles. The SMILES string of the molecule is O=C1CCC(NS(=O)(=O)c2cc(Br)ccc2Br)CC1. The fourth-order valence-corrected chi connectivity index (χ4v) is 4.83. The van der Waals surface area contributed by atoms with Gasteiger partial charge in [0, 0.05) is 27.8 Å². The van der Waals surface area contributed by atoms with Gasteiger partial charge in [0.25, 0.3) is 0 Å². The summed E-state index contributed by atoms with van der Waals surface area (Å²) in [6.45, 7) is 0. The molecule has 19 heavy (non-hydrogen) atoms. The van der Waals surface area contributed by atoms with Crippen molar-refractivity contribution < 1.29 is 13.2 Å². The minimum absolute atomic E-state index is 0.159. The fourth-order valence-electron chi connectivity index (χ4n) is 2.02. The molecule has 0 bridgehead atoms. The monoisotopic (exact) mass is 409 g/mol. The zero-order chi connectivity index (χ0) is 14.0. The average Bonchev–Trinajstić information content (AvgIpc) is 2.35. The average molecular weight is 411 g/mol. The predicted octanol–water partition coefficient (Wildman–Crippen LogP) is 3.00. The van der Waals surface area contributed by atoms with Gasteiger partial charge < -0.3 is 0 Å². The zero-order valence-electron chi connectivity index (χ0n) is 10.0. The van der Waals surface area contributed by atoms with E-state index in [1.54, 1.807) is 18.2 Å². The number of carbonyl (C=O) groups is 1. The summed E-state index contributed by atoms with van der Waals surface area (Å²) in [4.78, 5) is 11.4. The van der Waals surface area contributed by atoms with Gasteiger partial charge in [-0.3, -0.25) is 4.79 Å². The van der Waals surface area contributed by atoms with Crippen LogP contribution in [0.2, 0.25) is 0 Å². The van der Waals surface area contributed by atoms with Gasteiger partial charge in [-0.1, -0.05) is 15.9 Å². The quantitative estimate of drug-likeness (QED) is 0.832. The summed E-state index contributed by atoms with van der Waals surface area (Å²) >= 11 is 6.51. The van der Waals surface area contributed by atoms with Gasteiger partial charge in [-0.05, 0) is 47.0 Å². The molecule has 4 nitrogen and oxygen atoms in total. The number of hydrogen-bond donors (Lipinski definition) is 1. The van der Waals surface area contributed by atoms with Crippen molar-refractivity contribution in [3.8, 4) is 0 Å². The second-order valence-electron chi connectivity index (χ2n) is 4.51. The molecule has 1 aromatic rings. The van der Waals surface area contributed by atoms with Crippen LogP contribution in [0.25, 0.3) is 0 Å². The molecular formula is C12H13Br2NO3S. The van der Waals surface area contributed by atoms with Gasteiger partial charge in [0.2, 0.25) is 10.0 Å². The third kappa shape index (κ3) is 3.87. The molecule has 1 aliphatic rings.